The second-order valence-electron chi connectivity index (χ2n) is 6.92. The monoisotopic (exact) mass is 349 g/mol. The number of carbonyl (C=O) groups is 1. The second-order valence-corrected chi connectivity index (χ2v) is 6.92. The fourth-order valence-corrected chi connectivity index (χ4v) is 3.52. The topological polar surface area (TPSA) is 65.1 Å². The van der Waals surface area contributed by atoms with E-state index in [1.165, 1.54) is 0 Å². The van der Waals surface area contributed by atoms with Crippen LogP contribution in [0.15, 0.2) is 36.4 Å². The van der Waals surface area contributed by atoms with E-state index in [2.05, 4.69) is 27.1 Å². The molecule has 0 aliphatic carbocycles. The van der Waals surface area contributed by atoms with E-state index >= 15 is 0 Å². The van der Waals surface area contributed by atoms with Crippen molar-refractivity contribution in [2.24, 2.45) is 0 Å². The van der Waals surface area contributed by atoms with E-state index in [9.17, 15) is 4.79 Å². The van der Waals surface area contributed by atoms with Crippen molar-refractivity contribution in [3.63, 3.8) is 0 Å². The number of nitrogens with zero attached hydrogens (tertiary/aromatic N) is 4. The predicted octanol–water partition coefficient (Wildman–Crippen LogP) is 2.71. The molecule has 26 heavy (non-hydrogen) atoms. The quantitative estimate of drug-likeness (QED) is 0.773. The summed E-state index contributed by atoms with van der Waals surface area (Å²) < 4.78 is 0. The number of likely N-dealkylation sites (N-methyl/N-ethyl adjacent to an activating group) is 1. The van der Waals surface area contributed by atoms with Gasteiger partial charge in [0.2, 0.25) is 0 Å². The van der Waals surface area contributed by atoms with Gasteiger partial charge in [-0.3, -0.25) is 9.89 Å². The Morgan fingerprint density at radius 1 is 1.12 bits per heavy atom. The van der Waals surface area contributed by atoms with Crippen LogP contribution in [0.2, 0.25) is 0 Å². The van der Waals surface area contributed by atoms with E-state index in [0.717, 1.165) is 54.9 Å². The summed E-state index contributed by atoms with van der Waals surface area (Å²) in [5.41, 5.74) is 3.92. The first-order valence-corrected chi connectivity index (χ1v) is 9.02. The molecule has 2 aromatic heterocycles. The number of aryl methyl sites for hydroxylation is 1. The molecule has 1 aromatic carbocycles. The Labute approximate surface area is 152 Å². The zero-order chi connectivity index (χ0) is 18.1. The number of pyridine rings is 1. The number of benzene rings is 1. The third kappa shape index (κ3) is 3.08. The lowest BCUT2D eigenvalue weighted by Crippen LogP contribution is -2.34. The molecular weight excluding hydrogens is 326 g/mol. The number of aromatic nitrogens is 3. The highest BCUT2D eigenvalue weighted by molar-refractivity contribution is 6.07. The maximum atomic E-state index is 13.3. The standard InChI is InChI=1S/C20H23N5O/c1-14-18-16(20(26)25-10-6-9-24(2)11-12-25)13-17(21-19(18)23-22-14)15-7-4-3-5-8-15/h3-5,7-8,13H,6,9-12H2,1-2H3,(H,21,22,23). The molecule has 1 aliphatic rings. The summed E-state index contributed by atoms with van der Waals surface area (Å²) in [6.45, 7) is 5.39. The lowest BCUT2D eigenvalue weighted by molar-refractivity contribution is 0.0764. The second kappa shape index (κ2) is 6.88. The van der Waals surface area contributed by atoms with Gasteiger partial charge in [-0.1, -0.05) is 30.3 Å². The fourth-order valence-electron chi connectivity index (χ4n) is 3.52. The number of H-pyrrole nitrogens is 1. The highest BCUT2D eigenvalue weighted by Gasteiger charge is 2.23. The molecule has 0 spiro atoms. The summed E-state index contributed by atoms with van der Waals surface area (Å²) >= 11 is 0. The fraction of sp³-hybridized carbons (Fsp3) is 0.350. The highest BCUT2D eigenvalue weighted by atomic mass is 16.2. The van der Waals surface area contributed by atoms with Gasteiger partial charge < -0.3 is 9.80 Å². The van der Waals surface area contributed by atoms with E-state index in [0.29, 0.717) is 11.2 Å². The van der Waals surface area contributed by atoms with Gasteiger partial charge in [0.1, 0.15) is 0 Å². The zero-order valence-corrected chi connectivity index (χ0v) is 15.2. The van der Waals surface area contributed by atoms with Gasteiger partial charge in [0, 0.05) is 30.9 Å². The Morgan fingerprint density at radius 3 is 2.73 bits per heavy atom. The minimum atomic E-state index is 0.0642. The Balaban J connectivity index is 1.80. The van der Waals surface area contributed by atoms with E-state index in [4.69, 9.17) is 0 Å². The molecule has 1 amide bonds. The van der Waals surface area contributed by atoms with Crippen molar-refractivity contribution in [1.82, 2.24) is 25.0 Å². The van der Waals surface area contributed by atoms with Crippen LogP contribution in [0.3, 0.4) is 0 Å². The molecule has 1 aliphatic heterocycles. The Hall–Kier alpha value is -2.73. The third-order valence-electron chi connectivity index (χ3n) is 5.01. The van der Waals surface area contributed by atoms with E-state index in [1.54, 1.807) is 0 Å². The number of aromatic amines is 1. The Morgan fingerprint density at radius 2 is 1.92 bits per heavy atom. The molecule has 0 atom stereocenters. The molecule has 4 rings (SSSR count). The molecular formula is C20H23N5O. The van der Waals surface area contributed by atoms with Gasteiger partial charge in [0.15, 0.2) is 5.65 Å². The van der Waals surface area contributed by atoms with Crippen molar-refractivity contribution >= 4 is 16.9 Å². The smallest absolute Gasteiger partial charge is 0.254 e. The van der Waals surface area contributed by atoms with Gasteiger partial charge in [0.05, 0.1) is 16.6 Å². The molecule has 1 fully saturated rings. The summed E-state index contributed by atoms with van der Waals surface area (Å²) in [7, 11) is 2.10. The van der Waals surface area contributed by atoms with Crippen LogP contribution in [-0.4, -0.2) is 64.1 Å². The summed E-state index contributed by atoms with van der Waals surface area (Å²) in [6.07, 6.45) is 0.992. The number of hydrogen-bond acceptors (Lipinski definition) is 4. The number of carbonyl (C=O) groups excluding carboxylic acids is 1. The Bertz CT molecular complexity index is 934. The largest absolute Gasteiger partial charge is 0.337 e. The van der Waals surface area contributed by atoms with Crippen molar-refractivity contribution in [2.45, 2.75) is 13.3 Å². The molecule has 6 heteroatoms. The molecule has 0 bridgehead atoms. The van der Waals surface area contributed by atoms with E-state index in [-0.39, 0.29) is 5.91 Å². The van der Waals surface area contributed by atoms with Gasteiger partial charge in [0.25, 0.3) is 5.91 Å². The van der Waals surface area contributed by atoms with E-state index in [1.807, 2.05) is 48.2 Å². The van der Waals surface area contributed by atoms with Crippen LogP contribution < -0.4 is 0 Å². The predicted molar refractivity (Wildman–Crippen MR) is 102 cm³/mol. The number of amides is 1. The first kappa shape index (κ1) is 16.7. The summed E-state index contributed by atoms with van der Waals surface area (Å²) in [6, 6.07) is 11.8. The van der Waals surface area contributed by atoms with E-state index < -0.39 is 0 Å². The van der Waals surface area contributed by atoms with Crippen molar-refractivity contribution < 1.29 is 4.79 Å². The van der Waals surface area contributed by atoms with Crippen LogP contribution in [0.5, 0.6) is 0 Å². The van der Waals surface area contributed by atoms with Gasteiger partial charge >= 0.3 is 0 Å². The molecule has 1 N–H and O–H groups in total. The lowest BCUT2D eigenvalue weighted by Gasteiger charge is -2.21. The zero-order valence-electron chi connectivity index (χ0n) is 15.2. The number of nitrogens with one attached hydrogen (secondary N) is 1. The normalized spacial score (nSPS) is 16.0. The SMILES string of the molecule is Cc1[nH]nc2nc(-c3ccccc3)cc(C(=O)N3CCCN(C)CC3)c12. The molecule has 3 heterocycles. The van der Waals surface area contributed by atoms with Gasteiger partial charge in [-0.15, -0.1) is 0 Å². The molecule has 0 saturated carbocycles. The van der Waals surface area contributed by atoms with Crippen molar-refractivity contribution in [1.29, 1.82) is 0 Å². The average molecular weight is 349 g/mol. The third-order valence-corrected chi connectivity index (χ3v) is 5.01. The molecule has 0 radical (unpaired) electrons. The average Bonchev–Trinajstić information content (AvgIpc) is 2.90. The van der Waals surface area contributed by atoms with Crippen molar-refractivity contribution in [2.75, 3.05) is 33.2 Å². The van der Waals surface area contributed by atoms with Gasteiger partial charge in [-0.25, -0.2) is 4.98 Å². The van der Waals surface area contributed by atoms with Gasteiger partial charge in [-0.2, -0.15) is 5.10 Å². The van der Waals surface area contributed by atoms with Crippen LogP contribution in [0.1, 0.15) is 22.5 Å². The first-order valence-electron chi connectivity index (χ1n) is 9.02. The van der Waals surface area contributed by atoms with Crippen LogP contribution in [0, 0.1) is 6.92 Å². The minimum absolute atomic E-state index is 0.0642. The summed E-state index contributed by atoms with van der Waals surface area (Å²) in [5.74, 6) is 0.0642. The van der Waals surface area contributed by atoms with Crippen molar-refractivity contribution in [3.05, 3.63) is 47.7 Å². The Kier molecular flexibility index (Phi) is 4.42. The summed E-state index contributed by atoms with van der Waals surface area (Å²) in [5, 5.41) is 8.12. The highest BCUT2D eigenvalue weighted by Crippen LogP contribution is 2.27. The molecule has 3 aromatic rings. The summed E-state index contributed by atoms with van der Waals surface area (Å²) in [4.78, 5) is 22.2. The molecule has 0 unspecified atom stereocenters. The van der Waals surface area contributed by atoms with Crippen LogP contribution in [0.4, 0.5) is 0 Å². The van der Waals surface area contributed by atoms with Gasteiger partial charge in [-0.05, 0) is 33.0 Å². The maximum absolute atomic E-state index is 13.3. The lowest BCUT2D eigenvalue weighted by atomic mass is 10.0. The van der Waals surface area contributed by atoms with Crippen LogP contribution in [0.25, 0.3) is 22.3 Å². The van der Waals surface area contributed by atoms with Crippen LogP contribution in [-0.2, 0) is 0 Å². The molecule has 1 saturated heterocycles. The number of rotatable bonds is 2. The molecule has 6 nitrogen and oxygen atoms in total. The minimum Gasteiger partial charge on any atom is -0.337 e. The number of fused-ring (bicyclic) bond motifs is 1. The molecule has 134 valence electrons. The van der Waals surface area contributed by atoms with Crippen LogP contribution >= 0.6 is 0 Å². The first-order chi connectivity index (χ1) is 12.6. The van der Waals surface area contributed by atoms with Crippen molar-refractivity contribution in [3.8, 4) is 11.3 Å². The maximum Gasteiger partial charge on any atom is 0.254 e. The number of hydrogen-bond donors (Lipinski definition) is 1.